The zero-order valence-corrected chi connectivity index (χ0v) is 18.8. The Hall–Kier alpha value is -1.11. The van der Waals surface area contributed by atoms with E-state index < -0.39 is 0 Å². The van der Waals surface area contributed by atoms with Crippen LogP contribution in [-0.4, -0.2) is 55.1 Å². The molecular formula is C20H34ClN5S. The number of aryl methyl sites for hydroxylation is 2. The average molecular weight is 412 g/mol. The van der Waals surface area contributed by atoms with E-state index in [2.05, 4.69) is 36.0 Å². The van der Waals surface area contributed by atoms with Crippen molar-refractivity contribution < 1.29 is 0 Å². The third-order valence-corrected chi connectivity index (χ3v) is 6.47. The maximum absolute atomic E-state index is 5.00. The van der Waals surface area contributed by atoms with Gasteiger partial charge in [-0.15, -0.1) is 23.7 Å². The van der Waals surface area contributed by atoms with Crippen molar-refractivity contribution in [1.82, 2.24) is 14.9 Å². The first-order chi connectivity index (χ1) is 12.7. The lowest BCUT2D eigenvalue weighted by Gasteiger charge is -2.32. The van der Waals surface area contributed by atoms with E-state index in [0.29, 0.717) is 0 Å². The van der Waals surface area contributed by atoms with Crippen molar-refractivity contribution in [3.05, 3.63) is 10.4 Å². The molecule has 0 atom stereocenters. The Kier molecular flexibility index (Phi) is 8.58. The Morgan fingerprint density at radius 2 is 1.67 bits per heavy atom. The molecule has 1 fully saturated rings. The van der Waals surface area contributed by atoms with Crippen LogP contribution in [0, 0.1) is 0 Å². The molecule has 0 bridgehead atoms. The van der Waals surface area contributed by atoms with Gasteiger partial charge in [-0.1, -0.05) is 26.7 Å². The summed E-state index contributed by atoms with van der Waals surface area (Å²) in [6, 6.07) is 0. The normalized spacial score (nSPS) is 15.2. The SMILES string of the molecule is CCCCc1sc2nc(N3CCN(C)CC3)nc(NC)c2c1CCCC.Cl. The largest absolute Gasteiger partial charge is 0.372 e. The Bertz CT molecular complexity index is 725. The Morgan fingerprint density at radius 3 is 2.30 bits per heavy atom. The van der Waals surface area contributed by atoms with Gasteiger partial charge in [0.2, 0.25) is 5.95 Å². The van der Waals surface area contributed by atoms with E-state index >= 15 is 0 Å². The van der Waals surface area contributed by atoms with Crippen molar-refractivity contribution in [3.63, 3.8) is 0 Å². The van der Waals surface area contributed by atoms with Crippen LogP contribution in [0.15, 0.2) is 0 Å². The molecule has 0 unspecified atom stereocenters. The fourth-order valence-corrected chi connectivity index (χ4v) is 4.83. The summed E-state index contributed by atoms with van der Waals surface area (Å²) in [5.74, 6) is 1.90. The molecule has 0 radical (unpaired) electrons. The van der Waals surface area contributed by atoms with Crippen LogP contribution in [0.2, 0.25) is 0 Å². The van der Waals surface area contributed by atoms with Gasteiger partial charge in [-0.2, -0.15) is 4.98 Å². The quantitative estimate of drug-likeness (QED) is 0.688. The smallest absolute Gasteiger partial charge is 0.228 e. The van der Waals surface area contributed by atoms with Crippen molar-refractivity contribution >= 4 is 45.7 Å². The highest BCUT2D eigenvalue weighted by atomic mass is 35.5. The fourth-order valence-electron chi connectivity index (χ4n) is 3.58. The zero-order valence-electron chi connectivity index (χ0n) is 17.2. The molecule has 1 aliphatic heterocycles. The molecule has 2 aromatic rings. The zero-order chi connectivity index (χ0) is 18.5. The molecule has 1 N–H and O–H groups in total. The highest BCUT2D eigenvalue weighted by Gasteiger charge is 2.22. The first-order valence-electron chi connectivity index (χ1n) is 10.1. The predicted octanol–water partition coefficient (Wildman–Crippen LogP) is 4.59. The van der Waals surface area contributed by atoms with Crippen LogP contribution in [0.1, 0.15) is 50.0 Å². The van der Waals surface area contributed by atoms with Gasteiger partial charge >= 0.3 is 0 Å². The van der Waals surface area contributed by atoms with E-state index in [-0.39, 0.29) is 12.4 Å². The highest BCUT2D eigenvalue weighted by Crippen LogP contribution is 2.37. The molecule has 1 aliphatic rings. The summed E-state index contributed by atoms with van der Waals surface area (Å²) in [5, 5.41) is 4.64. The number of piperazine rings is 1. The number of unbranched alkanes of at least 4 members (excludes halogenated alkanes) is 2. The van der Waals surface area contributed by atoms with Crippen LogP contribution in [-0.2, 0) is 12.8 Å². The van der Waals surface area contributed by atoms with Gasteiger partial charge in [-0.25, -0.2) is 4.98 Å². The monoisotopic (exact) mass is 411 g/mol. The molecule has 5 nitrogen and oxygen atoms in total. The molecule has 3 heterocycles. The number of halogens is 1. The van der Waals surface area contributed by atoms with Crippen LogP contribution in [0.25, 0.3) is 10.2 Å². The molecule has 0 saturated carbocycles. The number of anilines is 2. The summed E-state index contributed by atoms with van der Waals surface area (Å²) in [6.45, 7) is 8.68. The topological polar surface area (TPSA) is 44.3 Å². The minimum absolute atomic E-state index is 0. The van der Waals surface area contributed by atoms with Crippen LogP contribution >= 0.6 is 23.7 Å². The number of likely N-dealkylation sites (N-methyl/N-ethyl adjacent to an activating group) is 1. The second-order valence-electron chi connectivity index (χ2n) is 7.30. The van der Waals surface area contributed by atoms with E-state index in [1.54, 1.807) is 0 Å². The van der Waals surface area contributed by atoms with E-state index in [1.807, 2.05) is 18.4 Å². The van der Waals surface area contributed by atoms with Crippen LogP contribution in [0.4, 0.5) is 11.8 Å². The molecule has 27 heavy (non-hydrogen) atoms. The van der Waals surface area contributed by atoms with Gasteiger partial charge in [0.1, 0.15) is 10.6 Å². The van der Waals surface area contributed by atoms with Gasteiger partial charge in [0.05, 0.1) is 5.39 Å². The number of aromatic nitrogens is 2. The van der Waals surface area contributed by atoms with Crippen LogP contribution in [0.3, 0.4) is 0 Å². The minimum Gasteiger partial charge on any atom is -0.372 e. The van der Waals surface area contributed by atoms with Crippen molar-refractivity contribution in [3.8, 4) is 0 Å². The van der Waals surface area contributed by atoms with E-state index in [0.717, 1.165) is 49.2 Å². The van der Waals surface area contributed by atoms with Gasteiger partial charge in [-0.3, -0.25) is 0 Å². The summed E-state index contributed by atoms with van der Waals surface area (Å²) in [7, 11) is 4.17. The van der Waals surface area contributed by atoms with Crippen molar-refractivity contribution in [2.45, 2.75) is 52.4 Å². The second-order valence-corrected chi connectivity index (χ2v) is 8.39. The van der Waals surface area contributed by atoms with E-state index in [9.17, 15) is 0 Å². The Balaban J connectivity index is 0.00000261. The molecule has 0 aliphatic carbocycles. The van der Waals surface area contributed by atoms with Gasteiger partial charge in [0, 0.05) is 38.1 Å². The number of rotatable bonds is 8. The predicted molar refractivity (Wildman–Crippen MR) is 121 cm³/mol. The molecule has 1 saturated heterocycles. The lowest BCUT2D eigenvalue weighted by Crippen LogP contribution is -2.45. The molecule has 0 aromatic carbocycles. The number of hydrogen-bond donors (Lipinski definition) is 1. The Morgan fingerprint density at radius 1 is 1.00 bits per heavy atom. The molecule has 2 aromatic heterocycles. The van der Waals surface area contributed by atoms with Crippen molar-refractivity contribution in [2.75, 3.05) is 50.5 Å². The summed E-state index contributed by atoms with van der Waals surface area (Å²) in [5.41, 5.74) is 1.49. The third-order valence-electron chi connectivity index (χ3n) is 5.28. The molecule has 0 spiro atoms. The van der Waals surface area contributed by atoms with Crippen LogP contribution < -0.4 is 10.2 Å². The van der Waals surface area contributed by atoms with E-state index in [4.69, 9.17) is 9.97 Å². The molecule has 0 amide bonds. The lowest BCUT2D eigenvalue weighted by molar-refractivity contribution is 0.311. The minimum atomic E-state index is 0. The lowest BCUT2D eigenvalue weighted by atomic mass is 10.0. The maximum atomic E-state index is 5.00. The maximum Gasteiger partial charge on any atom is 0.228 e. The molecule has 152 valence electrons. The molecular weight excluding hydrogens is 378 g/mol. The summed E-state index contributed by atoms with van der Waals surface area (Å²) in [4.78, 5) is 17.3. The van der Waals surface area contributed by atoms with Gasteiger partial charge in [0.15, 0.2) is 0 Å². The van der Waals surface area contributed by atoms with Crippen molar-refractivity contribution in [2.24, 2.45) is 0 Å². The number of hydrogen-bond acceptors (Lipinski definition) is 6. The highest BCUT2D eigenvalue weighted by molar-refractivity contribution is 7.19. The Labute approximate surface area is 174 Å². The van der Waals surface area contributed by atoms with E-state index in [1.165, 1.54) is 47.9 Å². The summed E-state index contributed by atoms with van der Waals surface area (Å²) < 4.78 is 0. The van der Waals surface area contributed by atoms with Crippen LogP contribution in [0.5, 0.6) is 0 Å². The first-order valence-corrected chi connectivity index (χ1v) is 10.9. The second kappa shape index (κ2) is 10.4. The summed E-state index contributed by atoms with van der Waals surface area (Å²) >= 11 is 1.89. The fraction of sp³-hybridized carbons (Fsp3) is 0.700. The molecule has 3 rings (SSSR count). The number of nitrogens with zero attached hydrogens (tertiary/aromatic N) is 4. The molecule has 7 heteroatoms. The first kappa shape index (κ1) is 22.2. The number of nitrogens with one attached hydrogen (secondary N) is 1. The average Bonchev–Trinajstić information content (AvgIpc) is 3.01. The van der Waals surface area contributed by atoms with Gasteiger partial charge in [-0.05, 0) is 38.3 Å². The van der Waals surface area contributed by atoms with Gasteiger partial charge in [0.25, 0.3) is 0 Å². The number of thiophene rings is 1. The van der Waals surface area contributed by atoms with Gasteiger partial charge < -0.3 is 15.1 Å². The summed E-state index contributed by atoms with van der Waals surface area (Å²) in [6.07, 6.45) is 7.25. The number of fused-ring (bicyclic) bond motifs is 1. The standard InChI is InChI=1S/C20H33N5S.ClH/c1-5-7-9-15-16(10-8-6-2)26-19-17(15)18(21-3)22-20(23-19)25-13-11-24(4)12-14-25;/h5-14H2,1-4H3,(H,21,22,23);1H. The third kappa shape index (κ3) is 5.04. The van der Waals surface area contributed by atoms with Crippen molar-refractivity contribution in [1.29, 1.82) is 0 Å².